The Morgan fingerprint density at radius 1 is 1.05 bits per heavy atom. The number of nitrogens with zero attached hydrogens (tertiary/aromatic N) is 3. The van der Waals surface area contributed by atoms with Crippen molar-refractivity contribution in [1.29, 1.82) is 5.26 Å². The van der Waals surface area contributed by atoms with Gasteiger partial charge in [-0.25, -0.2) is 4.68 Å². The summed E-state index contributed by atoms with van der Waals surface area (Å²) in [7, 11) is 0. The van der Waals surface area contributed by atoms with Crippen molar-refractivity contribution in [2.75, 3.05) is 0 Å². The number of hydrogen-bond acceptors (Lipinski definition) is 2. The van der Waals surface area contributed by atoms with Crippen molar-refractivity contribution in [3.8, 4) is 22.9 Å². The Labute approximate surface area is 125 Å². The van der Waals surface area contributed by atoms with Crippen molar-refractivity contribution < 1.29 is 0 Å². The molecule has 0 bridgehead atoms. The molecule has 3 nitrogen and oxygen atoms in total. The first kappa shape index (κ1) is 12.6. The zero-order valence-electron chi connectivity index (χ0n) is 10.5. The highest BCUT2D eigenvalue weighted by Gasteiger charge is 2.04. The van der Waals surface area contributed by atoms with E-state index >= 15 is 0 Å². The summed E-state index contributed by atoms with van der Waals surface area (Å²) >= 11 is 3.47. The number of halogens is 1. The lowest BCUT2D eigenvalue weighted by molar-refractivity contribution is 0.880. The van der Waals surface area contributed by atoms with Crippen molar-refractivity contribution in [3.05, 3.63) is 71.0 Å². The predicted octanol–water partition coefficient (Wildman–Crippen LogP) is 4.17. The third-order valence-corrected chi connectivity index (χ3v) is 3.49. The molecule has 0 spiro atoms. The summed E-state index contributed by atoms with van der Waals surface area (Å²) < 4.78 is 2.85. The van der Waals surface area contributed by atoms with E-state index in [-0.39, 0.29) is 0 Å². The molecule has 0 aliphatic carbocycles. The number of hydrogen-bond donors (Lipinski definition) is 0. The molecule has 4 heteroatoms. The Morgan fingerprint density at radius 2 is 1.85 bits per heavy atom. The summed E-state index contributed by atoms with van der Waals surface area (Å²) in [5.74, 6) is 0. The Kier molecular flexibility index (Phi) is 3.36. The first-order valence-corrected chi connectivity index (χ1v) is 6.87. The monoisotopic (exact) mass is 323 g/mol. The van der Waals surface area contributed by atoms with E-state index in [2.05, 4.69) is 33.2 Å². The first-order chi connectivity index (χ1) is 9.76. The predicted molar refractivity (Wildman–Crippen MR) is 81.4 cm³/mol. The molecule has 1 heterocycles. The molecule has 0 saturated carbocycles. The molecule has 0 atom stereocenters. The van der Waals surface area contributed by atoms with Gasteiger partial charge < -0.3 is 0 Å². The number of rotatable bonds is 2. The van der Waals surface area contributed by atoms with Crippen LogP contribution in [0.5, 0.6) is 0 Å². The van der Waals surface area contributed by atoms with Crippen LogP contribution >= 0.6 is 15.9 Å². The lowest BCUT2D eigenvalue weighted by atomic mass is 10.1. The largest absolute Gasteiger partial charge is 0.240 e. The Hall–Kier alpha value is -2.38. The molecule has 20 heavy (non-hydrogen) atoms. The Bertz CT molecular complexity index is 782. The molecule has 0 fully saturated rings. The molecule has 3 aromatic rings. The van der Waals surface area contributed by atoms with Crippen LogP contribution < -0.4 is 0 Å². The number of benzene rings is 2. The van der Waals surface area contributed by atoms with E-state index in [0.29, 0.717) is 5.56 Å². The molecule has 0 aliphatic rings. The Balaban J connectivity index is 1.95. The summed E-state index contributed by atoms with van der Waals surface area (Å²) in [4.78, 5) is 0. The highest BCUT2D eigenvalue weighted by Crippen LogP contribution is 2.23. The van der Waals surface area contributed by atoms with Crippen LogP contribution in [0.25, 0.3) is 16.8 Å². The van der Waals surface area contributed by atoms with E-state index in [1.165, 1.54) is 0 Å². The van der Waals surface area contributed by atoms with E-state index in [0.717, 1.165) is 21.3 Å². The van der Waals surface area contributed by atoms with Gasteiger partial charge in [0.2, 0.25) is 0 Å². The first-order valence-electron chi connectivity index (χ1n) is 6.07. The highest BCUT2D eigenvalue weighted by molar-refractivity contribution is 9.10. The van der Waals surface area contributed by atoms with E-state index in [4.69, 9.17) is 5.26 Å². The van der Waals surface area contributed by atoms with Crippen LogP contribution in [-0.2, 0) is 0 Å². The van der Waals surface area contributed by atoms with Crippen LogP contribution in [0.2, 0.25) is 0 Å². The number of nitriles is 1. The van der Waals surface area contributed by atoms with Gasteiger partial charge >= 0.3 is 0 Å². The molecule has 0 unspecified atom stereocenters. The molecule has 1 aromatic heterocycles. The standard InChI is InChI=1S/C16H10BrN3/c17-15-3-1-2-13(8-15)14-10-19-20(11-14)16-6-4-12(9-18)5-7-16/h1-8,10-11H. The average molecular weight is 324 g/mol. The molecule has 2 aromatic carbocycles. The van der Waals surface area contributed by atoms with Crippen molar-refractivity contribution in [2.45, 2.75) is 0 Å². The van der Waals surface area contributed by atoms with Crippen molar-refractivity contribution in [2.24, 2.45) is 0 Å². The molecular formula is C16H10BrN3. The van der Waals surface area contributed by atoms with Gasteiger partial charge in [0.25, 0.3) is 0 Å². The minimum absolute atomic E-state index is 0.646. The van der Waals surface area contributed by atoms with Crippen LogP contribution in [0.1, 0.15) is 5.56 Å². The van der Waals surface area contributed by atoms with Gasteiger partial charge in [0.1, 0.15) is 0 Å². The van der Waals surface area contributed by atoms with Gasteiger partial charge in [0.15, 0.2) is 0 Å². The second-order valence-electron chi connectivity index (χ2n) is 4.34. The maximum atomic E-state index is 8.80. The van der Waals surface area contributed by atoms with Crippen LogP contribution in [0.15, 0.2) is 65.4 Å². The fourth-order valence-electron chi connectivity index (χ4n) is 1.97. The van der Waals surface area contributed by atoms with Crippen LogP contribution in [0.4, 0.5) is 0 Å². The van der Waals surface area contributed by atoms with Gasteiger partial charge in [-0.15, -0.1) is 0 Å². The van der Waals surface area contributed by atoms with E-state index in [1.54, 1.807) is 16.8 Å². The maximum Gasteiger partial charge on any atom is 0.0991 e. The molecule has 3 rings (SSSR count). The summed E-state index contributed by atoms with van der Waals surface area (Å²) in [6.07, 6.45) is 3.81. The van der Waals surface area contributed by atoms with Gasteiger partial charge in [-0.05, 0) is 42.0 Å². The molecular weight excluding hydrogens is 314 g/mol. The normalized spacial score (nSPS) is 10.2. The Morgan fingerprint density at radius 3 is 2.55 bits per heavy atom. The van der Waals surface area contributed by atoms with Gasteiger partial charge in [-0.2, -0.15) is 10.4 Å². The fourth-order valence-corrected chi connectivity index (χ4v) is 2.37. The van der Waals surface area contributed by atoms with Gasteiger partial charge in [-0.3, -0.25) is 0 Å². The summed E-state index contributed by atoms with van der Waals surface area (Å²) in [5, 5.41) is 13.2. The number of aromatic nitrogens is 2. The van der Waals surface area contributed by atoms with Crippen molar-refractivity contribution in [1.82, 2.24) is 9.78 Å². The quantitative estimate of drug-likeness (QED) is 0.710. The van der Waals surface area contributed by atoms with E-state index < -0.39 is 0 Å². The van der Waals surface area contributed by atoms with Crippen LogP contribution in [0.3, 0.4) is 0 Å². The van der Waals surface area contributed by atoms with Gasteiger partial charge in [-0.1, -0.05) is 28.1 Å². The second-order valence-corrected chi connectivity index (χ2v) is 5.26. The molecule has 0 radical (unpaired) electrons. The fraction of sp³-hybridized carbons (Fsp3) is 0. The molecule has 0 saturated heterocycles. The lowest BCUT2D eigenvalue weighted by Gasteiger charge is -2.00. The summed E-state index contributed by atoms with van der Waals surface area (Å²) in [6.45, 7) is 0. The van der Waals surface area contributed by atoms with E-state index in [1.807, 2.05) is 42.7 Å². The third kappa shape index (κ3) is 2.49. The van der Waals surface area contributed by atoms with Crippen LogP contribution in [0, 0.1) is 11.3 Å². The van der Waals surface area contributed by atoms with Gasteiger partial charge in [0.05, 0.1) is 23.5 Å². The molecule has 96 valence electrons. The SMILES string of the molecule is N#Cc1ccc(-n2cc(-c3cccc(Br)c3)cn2)cc1. The van der Waals surface area contributed by atoms with Crippen LogP contribution in [-0.4, -0.2) is 9.78 Å². The molecule has 0 aliphatic heterocycles. The minimum atomic E-state index is 0.646. The van der Waals surface area contributed by atoms with E-state index in [9.17, 15) is 0 Å². The topological polar surface area (TPSA) is 41.6 Å². The highest BCUT2D eigenvalue weighted by atomic mass is 79.9. The smallest absolute Gasteiger partial charge is 0.0991 e. The minimum Gasteiger partial charge on any atom is -0.240 e. The summed E-state index contributed by atoms with van der Waals surface area (Å²) in [5.41, 5.74) is 3.74. The molecule has 0 amide bonds. The zero-order valence-corrected chi connectivity index (χ0v) is 12.1. The third-order valence-electron chi connectivity index (χ3n) is 3.00. The van der Waals surface area contributed by atoms with Gasteiger partial charge in [0, 0.05) is 16.2 Å². The summed E-state index contributed by atoms with van der Waals surface area (Å²) in [6, 6.07) is 17.5. The lowest BCUT2D eigenvalue weighted by Crippen LogP contribution is -1.93. The maximum absolute atomic E-state index is 8.80. The second kappa shape index (κ2) is 5.32. The van der Waals surface area contributed by atoms with Crippen molar-refractivity contribution in [3.63, 3.8) is 0 Å². The van der Waals surface area contributed by atoms with Crippen molar-refractivity contribution >= 4 is 15.9 Å². The molecule has 0 N–H and O–H groups in total. The average Bonchev–Trinajstić information content (AvgIpc) is 2.97. The zero-order chi connectivity index (χ0) is 13.9.